The lowest BCUT2D eigenvalue weighted by Gasteiger charge is -2.36. The molecule has 6 rings (SSSR count). The number of pyridine rings is 1. The summed E-state index contributed by atoms with van der Waals surface area (Å²) in [7, 11) is 2.58. The monoisotopic (exact) mass is 840 g/mol. The first-order valence-corrected chi connectivity index (χ1v) is 20.5. The van der Waals surface area contributed by atoms with E-state index in [1.807, 2.05) is 30.3 Å². The van der Waals surface area contributed by atoms with E-state index in [0.717, 1.165) is 57.7 Å². The molecule has 14 heteroatoms. The van der Waals surface area contributed by atoms with Crippen LogP contribution in [0.3, 0.4) is 0 Å². The second kappa shape index (κ2) is 19.9. The third kappa shape index (κ3) is 10.6. The minimum atomic E-state index is -1.51. The van der Waals surface area contributed by atoms with E-state index in [2.05, 4.69) is 46.8 Å². The largest absolute Gasteiger partial charge is 0.493 e. The van der Waals surface area contributed by atoms with Crippen molar-refractivity contribution in [3.8, 4) is 34.4 Å². The van der Waals surface area contributed by atoms with E-state index in [9.17, 15) is 25.1 Å². The highest BCUT2D eigenvalue weighted by Crippen LogP contribution is 2.37. The fourth-order valence-electron chi connectivity index (χ4n) is 7.81. The van der Waals surface area contributed by atoms with Gasteiger partial charge >= 0.3 is 11.9 Å². The first-order valence-electron chi connectivity index (χ1n) is 20.2. The zero-order valence-corrected chi connectivity index (χ0v) is 35.4. The number of ether oxygens (including phenoxy) is 5. The van der Waals surface area contributed by atoms with Gasteiger partial charge in [-0.1, -0.05) is 41.9 Å². The predicted octanol–water partition coefficient (Wildman–Crippen LogP) is 6.32. The van der Waals surface area contributed by atoms with Crippen LogP contribution < -0.4 is 14.2 Å². The summed E-state index contributed by atoms with van der Waals surface area (Å²) in [6, 6.07) is 19.6. The molecular weight excluding hydrogens is 788 g/mol. The zero-order valence-electron chi connectivity index (χ0n) is 34.7. The molecule has 0 amide bonds. The third-order valence-corrected chi connectivity index (χ3v) is 11.9. The van der Waals surface area contributed by atoms with Crippen LogP contribution in [0.25, 0.3) is 11.1 Å². The number of carbonyl (C=O) groups excluding carboxylic acids is 2. The summed E-state index contributed by atoms with van der Waals surface area (Å²) in [5, 5.41) is 31.1. The van der Waals surface area contributed by atoms with Crippen molar-refractivity contribution < 1.29 is 43.5 Å². The lowest BCUT2D eigenvalue weighted by Crippen LogP contribution is -2.50. The number of carbonyl (C=O) groups is 2. The van der Waals surface area contributed by atoms with Gasteiger partial charge in [0, 0.05) is 68.9 Å². The molecule has 3 aromatic carbocycles. The molecule has 0 atom stereocenters. The van der Waals surface area contributed by atoms with Gasteiger partial charge in [-0.2, -0.15) is 5.26 Å². The van der Waals surface area contributed by atoms with E-state index in [1.165, 1.54) is 20.4 Å². The lowest BCUT2D eigenvalue weighted by molar-refractivity contribution is -0.167. The molecule has 3 heterocycles. The molecule has 60 heavy (non-hydrogen) atoms. The van der Waals surface area contributed by atoms with E-state index < -0.39 is 23.1 Å². The minimum absolute atomic E-state index is 0.157. The number of hydrogen-bond donors (Lipinski definition) is 2. The second-order valence-corrected chi connectivity index (χ2v) is 16.0. The molecule has 2 aliphatic heterocycles. The van der Waals surface area contributed by atoms with Gasteiger partial charge in [0.15, 0.2) is 11.2 Å². The maximum atomic E-state index is 12.2. The number of aromatic nitrogens is 1. The molecule has 0 radical (unpaired) electrons. The van der Waals surface area contributed by atoms with Crippen LogP contribution in [0.5, 0.6) is 17.2 Å². The van der Waals surface area contributed by atoms with E-state index in [4.69, 9.17) is 35.3 Å². The van der Waals surface area contributed by atoms with Crippen LogP contribution in [0.4, 0.5) is 0 Å². The van der Waals surface area contributed by atoms with Crippen LogP contribution in [-0.4, -0.2) is 102 Å². The van der Waals surface area contributed by atoms with Crippen LogP contribution in [0.2, 0.25) is 5.02 Å². The number of methoxy groups -OCH3 is 2. The molecule has 0 aliphatic carbocycles. The van der Waals surface area contributed by atoms with Crippen LogP contribution in [0, 0.1) is 25.2 Å². The number of nitrogens with zero attached hydrogens (tertiary/aromatic N) is 4. The fourth-order valence-corrected chi connectivity index (χ4v) is 8.05. The number of nitriles is 1. The van der Waals surface area contributed by atoms with Crippen LogP contribution in [0.1, 0.15) is 65.5 Å². The van der Waals surface area contributed by atoms with Gasteiger partial charge < -0.3 is 38.8 Å². The molecule has 2 saturated heterocycles. The number of piperidine rings is 2. The van der Waals surface area contributed by atoms with Crippen LogP contribution in [0.15, 0.2) is 67.0 Å². The van der Waals surface area contributed by atoms with Crippen molar-refractivity contribution in [2.45, 2.75) is 76.9 Å². The maximum Gasteiger partial charge on any atom is 0.337 e. The molecule has 2 N–H and O–H groups in total. The Morgan fingerprint density at radius 2 is 1.38 bits per heavy atom. The van der Waals surface area contributed by atoms with Crippen molar-refractivity contribution in [3.05, 3.63) is 105 Å². The fraction of sp³-hybridized carbons (Fsp3) is 0.435. The van der Waals surface area contributed by atoms with E-state index in [1.54, 1.807) is 18.3 Å². The zero-order chi connectivity index (χ0) is 42.9. The summed E-state index contributed by atoms with van der Waals surface area (Å²) in [5.74, 6) is 0.610. The Morgan fingerprint density at radius 1 is 0.767 bits per heavy atom. The van der Waals surface area contributed by atoms with Gasteiger partial charge in [-0.25, -0.2) is 9.59 Å². The first-order chi connectivity index (χ1) is 28.9. The summed E-state index contributed by atoms with van der Waals surface area (Å²) in [4.78, 5) is 32.7. The van der Waals surface area contributed by atoms with Crippen LogP contribution in [-0.2, 0) is 38.8 Å². The topological polar surface area (TPSA) is 164 Å². The number of benzene rings is 3. The standard InChI is InChI=1S/C46H53ClN4O9/c1-31-35(8-5-9-37(31)38-10-6-11-40(32(38)2)58-21-7-16-50-17-12-45(54,13-18-50)43(52)56-3)30-60-42-24-41(59-29-34-22-33(25-48)26-49-27-34)36(23-39(42)47)28-51-19-14-46(55,15-20-51)44(53)57-4/h5-6,8-11,22-24,26-27,54-55H,7,12-21,28-30H2,1-4H3. The maximum absolute atomic E-state index is 12.2. The summed E-state index contributed by atoms with van der Waals surface area (Å²) in [5.41, 5.74) is 4.23. The van der Waals surface area contributed by atoms with Crippen molar-refractivity contribution in [1.82, 2.24) is 14.8 Å². The highest BCUT2D eigenvalue weighted by molar-refractivity contribution is 6.32. The number of likely N-dealkylation sites (tertiary alicyclic amines) is 2. The van der Waals surface area contributed by atoms with Crippen molar-refractivity contribution in [2.24, 2.45) is 0 Å². The molecule has 0 unspecified atom stereocenters. The first kappa shape index (κ1) is 44.3. The minimum Gasteiger partial charge on any atom is -0.493 e. The van der Waals surface area contributed by atoms with Gasteiger partial charge in [0.2, 0.25) is 0 Å². The second-order valence-electron chi connectivity index (χ2n) is 15.5. The van der Waals surface area contributed by atoms with Crippen molar-refractivity contribution in [1.29, 1.82) is 5.26 Å². The quantitative estimate of drug-likeness (QED) is 0.0953. The number of esters is 2. The number of rotatable bonds is 16. The Bertz CT molecular complexity index is 2190. The number of aliphatic hydroxyl groups is 2. The molecular formula is C46H53ClN4O9. The Labute approximate surface area is 356 Å². The predicted molar refractivity (Wildman–Crippen MR) is 225 cm³/mol. The molecule has 0 spiro atoms. The summed E-state index contributed by atoms with van der Waals surface area (Å²) >= 11 is 6.89. The Morgan fingerprint density at radius 3 is 2.03 bits per heavy atom. The Balaban J connectivity index is 1.12. The van der Waals surface area contributed by atoms with Crippen molar-refractivity contribution >= 4 is 23.5 Å². The molecule has 13 nitrogen and oxygen atoms in total. The highest BCUT2D eigenvalue weighted by atomic mass is 35.5. The Hall–Kier alpha value is -5.23. The normalized spacial score (nSPS) is 16.4. The number of hydrogen-bond acceptors (Lipinski definition) is 13. The van der Waals surface area contributed by atoms with Gasteiger partial charge in [0.05, 0.1) is 31.4 Å². The molecule has 1 aromatic heterocycles. The van der Waals surface area contributed by atoms with Gasteiger partial charge in [-0.05, 0) is 92.0 Å². The highest BCUT2D eigenvalue weighted by Gasteiger charge is 2.41. The molecule has 0 bridgehead atoms. The van der Waals surface area contributed by atoms with Gasteiger partial charge in [0.25, 0.3) is 0 Å². The van der Waals surface area contributed by atoms with E-state index in [0.29, 0.717) is 74.3 Å². The molecule has 2 fully saturated rings. The number of halogens is 1. The summed E-state index contributed by atoms with van der Waals surface area (Å²) < 4.78 is 28.6. The molecule has 4 aromatic rings. The SMILES string of the molecule is COC(=O)C1(O)CCN(CCCOc2cccc(-c3cccc(COc4cc(OCc5cncc(C#N)c5)c(CN5CCC(O)(C(=O)OC)CC5)cc4Cl)c3C)c2C)CC1. The van der Waals surface area contributed by atoms with Gasteiger partial charge in [0.1, 0.15) is 36.5 Å². The summed E-state index contributed by atoms with van der Waals surface area (Å²) in [6.45, 7) is 8.48. The van der Waals surface area contributed by atoms with Gasteiger partial charge in [-0.15, -0.1) is 0 Å². The smallest absolute Gasteiger partial charge is 0.337 e. The lowest BCUT2D eigenvalue weighted by atomic mass is 9.91. The van der Waals surface area contributed by atoms with E-state index in [-0.39, 0.29) is 26.1 Å². The van der Waals surface area contributed by atoms with Crippen molar-refractivity contribution in [2.75, 3.05) is 53.6 Å². The average Bonchev–Trinajstić information content (AvgIpc) is 3.26. The average molecular weight is 841 g/mol. The van der Waals surface area contributed by atoms with Crippen LogP contribution >= 0.6 is 11.6 Å². The molecule has 0 saturated carbocycles. The third-order valence-electron chi connectivity index (χ3n) is 11.6. The van der Waals surface area contributed by atoms with Crippen molar-refractivity contribution in [3.63, 3.8) is 0 Å². The Kier molecular flexibility index (Phi) is 14.7. The van der Waals surface area contributed by atoms with E-state index >= 15 is 0 Å². The molecule has 318 valence electrons. The summed E-state index contributed by atoms with van der Waals surface area (Å²) in [6.07, 6.45) is 5.13. The van der Waals surface area contributed by atoms with Gasteiger partial charge in [-0.3, -0.25) is 9.88 Å². The molecule has 2 aliphatic rings.